The van der Waals surface area contributed by atoms with Gasteiger partial charge < -0.3 is 14.2 Å². The van der Waals surface area contributed by atoms with Gasteiger partial charge in [0.1, 0.15) is 40.5 Å². The van der Waals surface area contributed by atoms with Crippen LogP contribution in [0.25, 0.3) is 76.7 Å². The van der Waals surface area contributed by atoms with E-state index >= 15 is 0 Å². The van der Waals surface area contributed by atoms with E-state index in [1.165, 1.54) is 0 Å². The van der Waals surface area contributed by atoms with E-state index in [9.17, 15) is 0 Å². The Hall–Kier alpha value is -6.76. The number of benzene rings is 7. The molecule has 3 aromatic heterocycles. The van der Waals surface area contributed by atoms with Crippen molar-refractivity contribution in [1.29, 1.82) is 0 Å². The number of nitrogens with one attached hydrogen (secondary N) is 2. The van der Waals surface area contributed by atoms with E-state index < -0.39 is 0 Å². The lowest BCUT2D eigenvalue weighted by atomic mass is 9.91. The molecule has 6 nitrogen and oxygen atoms in total. The van der Waals surface area contributed by atoms with Crippen LogP contribution >= 0.6 is 0 Å². The summed E-state index contributed by atoms with van der Waals surface area (Å²) in [7, 11) is 0. The molecule has 0 spiro atoms. The smallest absolute Gasteiger partial charge is 0.136 e. The van der Waals surface area contributed by atoms with Gasteiger partial charge in [0, 0.05) is 44.3 Å². The van der Waals surface area contributed by atoms with Crippen LogP contribution in [0.5, 0.6) is 0 Å². The molecule has 1 aliphatic heterocycles. The lowest BCUT2D eigenvalue weighted by Gasteiger charge is -2.33. The van der Waals surface area contributed by atoms with Crippen LogP contribution in [0.1, 0.15) is 29.0 Å². The van der Waals surface area contributed by atoms with Crippen molar-refractivity contribution < 1.29 is 8.83 Å². The molecule has 2 unspecified atom stereocenters. The molecular formula is C46H30N4O2. The standard InChI is InChI=1S/C46H30N4O2/c1-2-11-27(12-3-1)44-48-45(50-46(49-44)35-18-9-21-40-43(35)34-16-6-7-19-38(34)51-40)33-23-22-31(29-14-4-5-15-30(29)33)32-17-8-20-39-42(32)36-26-37-28(13-10-24-47-37)25-41(36)52-39/h1-26,45-46,50H,(H,48,49). The van der Waals surface area contributed by atoms with Crippen molar-refractivity contribution in [3.05, 3.63) is 175 Å². The number of nitrogens with zero attached hydrogens (tertiary/aromatic N) is 2. The molecule has 7 aromatic carbocycles. The summed E-state index contributed by atoms with van der Waals surface area (Å²) in [6.45, 7) is 0. The number of pyridine rings is 1. The SMILES string of the molecule is c1ccc(C2=NC(c3cccc4oc5ccccc5c34)NC(c3ccc(-c4cccc5oc6cc7cccnc7cc6c45)c4ccccc34)N2)cc1. The maximum atomic E-state index is 6.45. The Bertz CT molecular complexity index is 3050. The number of fused-ring (bicyclic) bond motifs is 8. The molecular weight excluding hydrogens is 641 g/mol. The molecule has 0 saturated carbocycles. The molecule has 11 rings (SSSR count). The summed E-state index contributed by atoms with van der Waals surface area (Å²) in [5.41, 5.74) is 9.91. The molecule has 1 aliphatic rings. The first-order chi connectivity index (χ1) is 25.8. The molecule has 0 radical (unpaired) electrons. The molecule has 2 N–H and O–H groups in total. The highest BCUT2D eigenvalue weighted by Gasteiger charge is 2.29. The summed E-state index contributed by atoms with van der Waals surface area (Å²) in [6, 6.07) is 52.6. The van der Waals surface area contributed by atoms with E-state index in [4.69, 9.17) is 13.8 Å². The van der Waals surface area contributed by atoms with Crippen LogP contribution in [0.15, 0.2) is 172 Å². The fraction of sp³-hybridized carbons (Fsp3) is 0.0435. The van der Waals surface area contributed by atoms with Gasteiger partial charge in [0.05, 0.1) is 5.52 Å². The minimum absolute atomic E-state index is 0.243. The predicted octanol–water partition coefficient (Wildman–Crippen LogP) is 11.2. The quantitative estimate of drug-likeness (QED) is 0.195. The van der Waals surface area contributed by atoms with Gasteiger partial charge in [-0.3, -0.25) is 10.3 Å². The number of amidine groups is 1. The van der Waals surface area contributed by atoms with Gasteiger partial charge in [-0.05, 0) is 63.9 Å². The van der Waals surface area contributed by atoms with Gasteiger partial charge in [0.2, 0.25) is 0 Å². The molecule has 0 bridgehead atoms. The number of aliphatic imine (C=N–C) groups is 1. The summed E-state index contributed by atoms with van der Waals surface area (Å²) in [5, 5.41) is 15.4. The van der Waals surface area contributed by atoms with Gasteiger partial charge >= 0.3 is 0 Å². The topological polar surface area (TPSA) is 75.6 Å². The highest BCUT2D eigenvalue weighted by Crippen LogP contribution is 2.42. The van der Waals surface area contributed by atoms with Gasteiger partial charge in [-0.1, -0.05) is 115 Å². The number of hydrogen-bond donors (Lipinski definition) is 2. The minimum Gasteiger partial charge on any atom is -0.456 e. The molecule has 246 valence electrons. The van der Waals surface area contributed by atoms with Gasteiger partial charge in [-0.2, -0.15) is 0 Å². The Morgan fingerprint density at radius 1 is 0.500 bits per heavy atom. The predicted molar refractivity (Wildman–Crippen MR) is 210 cm³/mol. The summed E-state index contributed by atoms with van der Waals surface area (Å²) >= 11 is 0. The average molecular weight is 671 g/mol. The lowest BCUT2D eigenvalue weighted by Crippen LogP contribution is -2.45. The van der Waals surface area contributed by atoms with Crippen LogP contribution in [0.4, 0.5) is 0 Å². The summed E-state index contributed by atoms with van der Waals surface area (Å²) in [5.74, 6) is 0.836. The van der Waals surface area contributed by atoms with Crippen LogP contribution in [0.2, 0.25) is 0 Å². The Balaban J connectivity index is 1.08. The monoisotopic (exact) mass is 670 g/mol. The zero-order chi connectivity index (χ0) is 34.2. The van der Waals surface area contributed by atoms with E-state index in [-0.39, 0.29) is 12.3 Å². The van der Waals surface area contributed by atoms with Crippen molar-refractivity contribution in [3.63, 3.8) is 0 Å². The summed E-state index contributed by atoms with van der Waals surface area (Å²) in [6.07, 6.45) is 1.26. The van der Waals surface area contributed by atoms with E-state index in [0.717, 1.165) is 99.2 Å². The Morgan fingerprint density at radius 3 is 2.15 bits per heavy atom. The van der Waals surface area contributed by atoms with Crippen molar-refractivity contribution >= 4 is 71.4 Å². The van der Waals surface area contributed by atoms with Crippen molar-refractivity contribution in [1.82, 2.24) is 15.6 Å². The van der Waals surface area contributed by atoms with E-state index in [1.807, 2.05) is 36.5 Å². The number of para-hydroxylation sites is 1. The average Bonchev–Trinajstić information content (AvgIpc) is 3.78. The molecule has 0 saturated heterocycles. The first kappa shape index (κ1) is 29.0. The first-order valence-corrected chi connectivity index (χ1v) is 17.5. The third-order valence-electron chi connectivity index (χ3n) is 10.4. The van der Waals surface area contributed by atoms with Crippen LogP contribution in [0, 0.1) is 0 Å². The number of rotatable bonds is 4. The van der Waals surface area contributed by atoms with Gasteiger partial charge in [-0.25, -0.2) is 4.99 Å². The van der Waals surface area contributed by atoms with Crippen molar-refractivity contribution in [2.45, 2.75) is 12.3 Å². The van der Waals surface area contributed by atoms with Crippen molar-refractivity contribution in [2.75, 3.05) is 0 Å². The van der Waals surface area contributed by atoms with Gasteiger partial charge in [-0.15, -0.1) is 0 Å². The van der Waals surface area contributed by atoms with Gasteiger partial charge in [0.25, 0.3) is 0 Å². The highest BCUT2D eigenvalue weighted by molar-refractivity contribution is 6.17. The maximum absolute atomic E-state index is 6.45. The largest absolute Gasteiger partial charge is 0.456 e. The second-order valence-electron chi connectivity index (χ2n) is 13.4. The molecule has 2 atom stereocenters. The normalized spacial score (nSPS) is 16.3. The van der Waals surface area contributed by atoms with E-state index in [0.29, 0.717) is 0 Å². The van der Waals surface area contributed by atoms with Crippen LogP contribution in [0.3, 0.4) is 0 Å². The van der Waals surface area contributed by atoms with Crippen molar-refractivity contribution in [2.24, 2.45) is 4.99 Å². The first-order valence-electron chi connectivity index (χ1n) is 17.5. The lowest BCUT2D eigenvalue weighted by molar-refractivity contribution is 0.412. The number of aromatic nitrogens is 1. The van der Waals surface area contributed by atoms with E-state index in [2.05, 4.69) is 137 Å². The molecule has 0 amide bonds. The van der Waals surface area contributed by atoms with Crippen LogP contribution < -0.4 is 10.6 Å². The third kappa shape index (κ3) is 4.48. The summed E-state index contributed by atoms with van der Waals surface area (Å²) in [4.78, 5) is 9.94. The fourth-order valence-corrected chi connectivity index (χ4v) is 8.08. The Labute approximate surface area is 298 Å². The second-order valence-corrected chi connectivity index (χ2v) is 13.4. The fourth-order valence-electron chi connectivity index (χ4n) is 8.08. The Morgan fingerprint density at radius 2 is 1.25 bits per heavy atom. The highest BCUT2D eigenvalue weighted by atomic mass is 16.3. The Kier molecular flexibility index (Phi) is 6.35. The molecule has 10 aromatic rings. The zero-order valence-electron chi connectivity index (χ0n) is 27.9. The molecule has 6 heteroatoms. The molecule has 0 aliphatic carbocycles. The van der Waals surface area contributed by atoms with E-state index in [1.54, 1.807) is 0 Å². The summed E-state index contributed by atoms with van der Waals surface area (Å²) < 4.78 is 12.7. The number of hydrogen-bond acceptors (Lipinski definition) is 6. The molecule has 0 fully saturated rings. The van der Waals surface area contributed by atoms with Gasteiger partial charge in [0.15, 0.2) is 0 Å². The zero-order valence-corrected chi connectivity index (χ0v) is 27.9. The molecule has 4 heterocycles. The van der Waals surface area contributed by atoms with Crippen LogP contribution in [-0.2, 0) is 0 Å². The number of furan rings is 2. The minimum atomic E-state index is -0.334. The second kappa shape index (κ2) is 11.4. The third-order valence-corrected chi connectivity index (χ3v) is 10.4. The van der Waals surface area contributed by atoms with Crippen molar-refractivity contribution in [3.8, 4) is 11.1 Å². The van der Waals surface area contributed by atoms with Crippen LogP contribution in [-0.4, -0.2) is 10.8 Å². The molecule has 52 heavy (non-hydrogen) atoms. The maximum Gasteiger partial charge on any atom is 0.136 e.